The van der Waals surface area contributed by atoms with E-state index in [2.05, 4.69) is 45.8 Å². The van der Waals surface area contributed by atoms with Crippen molar-refractivity contribution in [3.63, 3.8) is 0 Å². The molecule has 26 heavy (non-hydrogen) atoms. The summed E-state index contributed by atoms with van der Waals surface area (Å²) in [7, 11) is 2.14. The van der Waals surface area contributed by atoms with Gasteiger partial charge in [0.2, 0.25) is 5.82 Å². The first-order valence-corrected chi connectivity index (χ1v) is 9.68. The lowest BCUT2D eigenvalue weighted by Crippen LogP contribution is -2.44. The largest absolute Gasteiger partial charge is 0.354 e. The molecule has 0 saturated carbocycles. The van der Waals surface area contributed by atoms with Crippen LogP contribution in [0.1, 0.15) is 24.6 Å². The Kier molecular flexibility index (Phi) is 4.69. The summed E-state index contributed by atoms with van der Waals surface area (Å²) < 4.78 is 5.48. The molecule has 0 aromatic carbocycles. The normalized spacial score (nSPS) is 15.8. The summed E-state index contributed by atoms with van der Waals surface area (Å²) in [6.45, 7) is 8.30. The molecule has 4 heterocycles. The second-order valence-electron chi connectivity index (χ2n) is 6.81. The molecule has 0 radical (unpaired) electrons. The topological polar surface area (TPSA) is 71.2 Å². The molecule has 0 unspecified atom stereocenters. The van der Waals surface area contributed by atoms with Gasteiger partial charge in [-0.25, -0.2) is 9.97 Å². The molecule has 0 aliphatic carbocycles. The van der Waals surface area contributed by atoms with Crippen LogP contribution >= 0.6 is 11.3 Å². The maximum absolute atomic E-state index is 5.48. The predicted molar refractivity (Wildman–Crippen MR) is 102 cm³/mol. The molecule has 0 bridgehead atoms. The highest BCUT2D eigenvalue weighted by molar-refractivity contribution is 7.10. The van der Waals surface area contributed by atoms with Crippen LogP contribution in [0.2, 0.25) is 0 Å². The van der Waals surface area contributed by atoms with Gasteiger partial charge >= 0.3 is 0 Å². The lowest BCUT2D eigenvalue weighted by Gasteiger charge is -2.33. The summed E-state index contributed by atoms with van der Waals surface area (Å²) in [6, 6.07) is 5.94. The third-order valence-corrected chi connectivity index (χ3v) is 5.67. The first kappa shape index (κ1) is 17.1. The number of hydrogen-bond donors (Lipinski definition) is 0. The molecule has 0 spiro atoms. The van der Waals surface area contributed by atoms with Gasteiger partial charge in [-0.1, -0.05) is 25.1 Å². The Morgan fingerprint density at radius 3 is 2.69 bits per heavy atom. The van der Waals surface area contributed by atoms with E-state index in [9.17, 15) is 0 Å². The van der Waals surface area contributed by atoms with Crippen molar-refractivity contribution < 1.29 is 4.52 Å². The second kappa shape index (κ2) is 7.13. The highest BCUT2D eigenvalue weighted by atomic mass is 32.1. The van der Waals surface area contributed by atoms with E-state index in [-0.39, 0.29) is 0 Å². The molecule has 3 aromatic rings. The summed E-state index contributed by atoms with van der Waals surface area (Å²) in [4.78, 5) is 19.5. The summed E-state index contributed by atoms with van der Waals surface area (Å²) in [5.74, 6) is 2.28. The van der Waals surface area contributed by atoms with Crippen molar-refractivity contribution in [2.24, 2.45) is 0 Å². The zero-order valence-electron chi connectivity index (χ0n) is 15.2. The third-order valence-electron chi connectivity index (χ3n) is 4.54. The van der Waals surface area contributed by atoms with Gasteiger partial charge in [-0.05, 0) is 25.1 Å². The van der Waals surface area contributed by atoms with Crippen LogP contribution in [0.5, 0.6) is 0 Å². The Morgan fingerprint density at radius 2 is 1.92 bits per heavy atom. The summed E-state index contributed by atoms with van der Waals surface area (Å²) in [5, 5.41) is 4.13. The average Bonchev–Trinajstić information content (AvgIpc) is 3.32. The fourth-order valence-electron chi connectivity index (χ4n) is 3.01. The van der Waals surface area contributed by atoms with Crippen LogP contribution in [-0.4, -0.2) is 58.2 Å². The molecule has 8 heteroatoms. The molecule has 136 valence electrons. The van der Waals surface area contributed by atoms with Crippen molar-refractivity contribution in [2.45, 2.75) is 19.8 Å². The molecule has 4 rings (SSSR count). The quantitative estimate of drug-likeness (QED) is 0.699. The van der Waals surface area contributed by atoms with Gasteiger partial charge in [-0.3, -0.25) is 0 Å². The van der Waals surface area contributed by atoms with Crippen molar-refractivity contribution in [1.82, 2.24) is 25.0 Å². The molecular weight excluding hydrogens is 348 g/mol. The van der Waals surface area contributed by atoms with Crippen LogP contribution in [0.4, 0.5) is 5.82 Å². The van der Waals surface area contributed by atoms with Crippen molar-refractivity contribution in [3.8, 4) is 23.1 Å². The Hall–Kier alpha value is -2.32. The minimum Gasteiger partial charge on any atom is -0.354 e. The fourth-order valence-corrected chi connectivity index (χ4v) is 3.80. The smallest absolute Gasteiger partial charge is 0.278 e. The number of hydrogen-bond acceptors (Lipinski definition) is 8. The number of anilines is 1. The molecule has 3 aromatic heterocycles. The van der Waals surface area contributed by atoms with Crippen LogP contribution in [0.25, 0.3) is 23.1 Å². The van der Waals surface area contributed by atoms with Crippen LogP contribution in [0.15, 0.2) is 28.2 Å². The average molecular weight is 370 g/mol. The first-order chi connectivity index (χ1) is 12.6. The summed E-state index contributed by atoms with van der Waals surface area (Å²) >= 11 is 1.61. The Bertz CT molecular complexity index is 881. The van der Waals surface area contributed by atoms with E-state index in [4.69, 9.17) is 9.51 Å². The van der Waals surface area contributed by atoms with Crippen LogP contribution in [0, 0.1) is 0 Å². The Labute approximate surface area is 156 Å². The van der Waals surface area contributed by atoms with Crippen LogP contribution in [0.3, 0.4) is 0 Å². The van der Waals surface area contributed by atoms with E-state index in [1.165, 1.54) is 0 Å². The minimum absolute atomic E-state index is 0.367. The second-order valence-corrected chi connectivity index (χ2v) is 7.70. The van der Waals surface area contributed by atoms with E-state index in [0.717, 1.165) is 48.3 Å². The van der Waals surface area contributed by atoms with Crippen LogP contribution < -0.4 is 4.90 Å². The van der Waals surface area contributed by atoms with Crippen molar-refractivity contribution in [1.29, 1.82) is 0 Å². The van der Waals surface area contributed by atoms with E-state index in [1.54, 1.807) is 11.3 Å². The summed E-state index contributed by atoms with van der Waals surface area (Å²) in [5.41, 5.74) is 3.32. The minimum atomic E-state index is 0.367. The van der Waals surface area contributed by atoms with E-state index < -0.39 is 0 Å². The number of thiazole rings is 1. The van der Waals surface area contributed by atoms with Crippen LogP contribution in [-0.2, 0) is 0 Å². The molecule has 1 aliphatic rings. The molecular formula is C18H22N6OS. The standard InChI is InChI=1S/C18H22N6OS/c1-12(2)16-15(19-11-26-16)18-21-17(22-25-18)13-5-4-6-14(20-13)24-9-7-23(3)8-10-24/h4-6,11-12H,7-10H2,1-3H3. The van der Waals surface area contributed by atoms with Gasteiger partial charge in [-0.15, -0.1) is 11.3 Å². The fraction of sp³-hybridized carbons (Fsp3) is 0.444. The maximum Gasteiger partial charge on any atom is 0.278 e. The highest BCUT2D eigenvalue weighted by Gasteiger charge is 2.20. The highest BCUT2D eigenvalue weighted by Crippen LogP contribution is 2.31. The zero-order valence-corrected chi connectivity index (χ0v) is 16.0. The molecule has 1 aliphatic heterocycles. The number of pyridine rings is 1. The number of rotatable bonds is 4. The third kappa shape index (κ3) is 3.34. The van der Waals surface area contributed by atoms with Crippen molar-refractivity contribution in [2.75, 3.05) is 38.1 Å². The zero-order chi connectivity index (χ0) is 18.1. The van der Waals surface area contributed by atoms with E-state index in [1.807, 2.05) is 23.7 Å². The van der Waals surface area contributed by atoms with Gasteiger partial charge in [0.1, 0.15) is 17.2 Å². The monoisotopic (exact) mass is 370 g/mol. The summed E-state index contributed by atoms with van der Waals surface area (Å²) in [6.07, 6.45) is 0. The van der Waals surface area contributed by atoms with E-state index >= 15 is 0 Å². The maximum atomic E-state index is 5.48. The molecule has 0 amide bonds. The Balaban J connectivity index is 1.60. The number of piperazine rings is 1. The van der Waals surface area contributed by atoms with Crippen molar-refractivity contribution in [3.05, 3.63) is 28.6 Å². The van der Waals surface area contributed by atoms with Gasteiger partial charge < -0.3 is 14.3 Å². The van der Waals surface area contributed by atoms with E-state index in [0.29, 0.717) is 17.6 Å². The predicted octanol–water partition coefficient (Wildman–Crippen LogP) is 3.13. The van der Waals surface area contributed by atoms with Gasteiger partial charge in [0, 0.05) is 31.1 Å². The molecule has 0 atom stereocenters. The Morgan fingerprint density at radius 1 is 1.12 bits per heavy atom. The van der Waals surface area contributed by atoms with Gasteiger partial charge in [0.25, 0.3) is 5.89 Å². The molecule has 0 N–H and O–H groups in total. The number of aromatic nitrogens is 4. The molecule has 1 saturated heterocycles. The lowest BCUT2D eigenvalue weighted by molar-refractivity contribution is 0.312. The molecule has 1 fully saturated rings. The molecule has 7 nitrogen and oxygen atoms in total. The SMILES string of the molecule is CC(C)c1scnc1-c1nc(-c2cccc(N3CCN(C)CC3)n2)no1. The number of nitrogens with zero attached hydrogens (tertiary/aromatic N) is 6. The van der Waals surface area contributed by atoms with Gasteiger partial charge in [0.15, 0.2) is 0 Å². The first-order valence-electron chi connectivity index (χ1n) is 8.80. The van der Waals surface area contributed by atoms with Crippen molar-refractivity contribution >= 4 is 17.2 Å². The van der Waals surface area contributed by atoms with Gasteiger partial charge in [0.05, 0.1) is 5.51 Å². The lowest BCUT2D eigenvalue weighted by atomic mass is 10.1. The van der Waals surface area contributed by atoms with Gasteiger partial charge in [-0.2, -0.15) is 4.98 Å². The number of likely N-dealkylation sites (N-methyl/N-ethyl adjacent to an activating group) is 1.